The highest BCUT2D eigenvalue weighted by Gasteiger charge is 2.81. The van der Waals surface area contributed by atoms with Crippen LogP contribution in [-0.2, 0) is 4.74 Å². The maximum absolute atomic E-state index is 13.5. The number of alkyl halides is 9. The monoisotopic (exact) mass is 404 g/mol. The molecule has 0 aliphatic heterocycles. The highest BCUT2D eigenvalue weighted by atomic mass is 19.4. The molecule has 0 aliphatic rings. The van der Waals surface area contributed by atoms with Gasteiger partial charge in [0.25, 0.3) is 0 Å². The molecular weight excluding hydrogens is 379 g/mol. The number of hydrogen-bond donors (Lipinski definition) is 0. The Morgan fingerprint density at radius 2 is 1.12 bits per heavy atom. The maximum Gasteiger partial charge on any atom is 0.460 e. The SMILES string of the molecule is CC(C)(C)CC(OCCC(F)(F)C(F)(F)C(F)(F)C(F)(F)F)C(C)(C)C. The van der Waals surface area contributed by atoms with Crippen molar-refractivity contribution in [3.63, 3.8) is 0 Å². The van der Waals surface area contributed by atoms with Crippen molar-refractivity contribution in [2.45, 2.75) is 84.4 Å². The molecule has 1 atom stereocenters. The Morgan fingerprint density at radius 3 is 1.42 bits per heavy atom. The number of hydrogen-bond acceptors (Lipinski definition) is 1. The zero-order valence-electron chi connectivity index (χ0n) is 15.5. The third-order valence-electron chi connectivity index (χ3n) is 3.71. The molecule has 10 heteroatoms. The van der Waals surface area contributed by atoms with E-state index in [4.69, 9.17) is 4.74 Å². The fourth-order valence-electron chi connectivity index (χ4n) is 2.07. The van der Waals surface area contributed by atoms with Crippen LogP contribution in [0.4, 0.5) is 39.5 Å². The molecule has 0 heterocycles. The van der Waals surface area contributed by atoms with E-state index in [1.807, 2.05) is 20.8 Å². The minimum atomic E-state index is -6.86. The van der Waals surface area contributed by atoms with Crippen LogP contribution in [0.5, 0.6) is 0 Å². The van der Waals surface area contributed by atoms with Gasteiger partial charge >= 0.3 is 23.9 Å². The Bertz CT molecular complexity index is 456. The molecule has 1 nitrogen and oxygen atoms in total. The van der Waals surface area contributed by atoms with E-state index in [2.05, 4.69) is 0 Å². The molecule has 0 rings (SSSR count). The van der Waals surface area contributed by atoms with Crippen LogP contribution in [0.1, 0.15) is 54.4 Å². The molecule has 0 aromatic heterocycles. The number of ether oxygens (including phenoxy) is 1. The molecule has 1 unspecified atom stereocenters. The first-order chi connectivity index (χ1) is 11.1. The van der Waals surface area contributed by atoms with Crippen LogP contribution in [0.2, 0.25) is 0 Å². The van der Waals surface area contributed by atoms with Gasteiger partial charge in [-0.15, -0.1) is 0 Å². The first-order valence-electron chi connectivity index (χ1n) is 7.88. The molecule has 0 aliphatic carbocycles. The van der Waals surface area contributed by atoms with E-state index in [9.17, 15) is 39.5 Å². The lowest BCUT2D eigenvalue weighted by Gasteiger charge is -2.37. The zero-order valence-corrected chi connectivity index (χ0v) is 15.5. The highest BCUT2D eigenvalue weighted by molar-refractivity contribution is 5.00. The molecule has 0 aromatic carbocycles. The molecule has 0 amide bonds. The van der Waals surface area contributed by atoms with Gasteiger partial charge in [0.2, 0.25) is 0 Å². The van der Waals surface area contributed by atoms with Crippen molar-refractivity contribution in [2.75, 3.05) is 6.61 Å². The van der Waals surface area contributed by atoms with Gasteiger partial charge in [0.15, 0.2) is 0 Å². The van der Waals surface area contributed by atoms with E-state index in [-0.39, 0.29) is 5.41 Å². The second kappa shape index (κ2) is 7.39. The molecule has 0 aromatic rings. The summed E-state index contributed by atoms with van der Waals surface area (Å²) in [4.78, 5) is 0. The van der Waals surface area contributed by atoms with Crippen molar-refractivity contribution in [1.82, 2.24) is 0 Å². The van der Waals surface area contributed by atoms with Crippen LogP contribution in [0.15, 0.2) is 0 Å². The predicted molar refractivity (Wildman–Crippen MR) is 78.8 cm³/mol. The average Bonchev–Trinajstić information content (AvgIpc) is 2.32. The minimum absolute atomic E-state index is 0.312. The fourth-order valence-corrected chi connectivity index (χ4v) is 2.07. The smallest absolute Gasteiger partial charge is 0.377 e. The summed E-state index contributed by atoms with van der Waals surface area (Å²) in [6.07, 6.45) is -9.12. The Balaban J connectivity index is 5.22. The van der Waals surface area contributed by atoms with Gasteiger partial charge < -0.3 is 4.74 Å². The predicted octanol–water partition coefficient (Wildman–Crippen LogP) is 6.71. The molecule has 26 heavy (non-hydrogen) atoms. The molecule has 0 N–H and O–H groups in total. The third-order valence-corrected chi connectivity index (χ3v) is 3.71. The van der Waals surface area contributed by atoms with Gasteiger partial charge in [-0.3, -0.25) is 0 Å². The van der Waals surface area contributed by atoms with Gasteiger partial charge in [-0.1, -0.05) is 41.5 Å². The number of halogens is 9. The van der Waals surface area contributed by atoms with Crippen molar-refractivity contribution >= 4 is 0 Å². The summed E-state index contributed by atoms with van der Waals surface area (Å²) in [5.41, 5.74) is -0.894. The van der Waals surface area contributed by atoms with Crippen molar-refractivity contribution in [2.24, 2.45) is 10.8 Å². The summed E-state index contributed by atoms with van der Waals surface area (Å²) in [6, 6.07) is 0. The van der Waals surface area contributed by atoms with Crippen molar-refractivity contribution in [3.05, 3.63) is 0 Å². The van der Waals surface area contributed by atoms with E-state index < -0.39 is 48.5 Å². The highest BCUT2D eigenvalue weighted by Crippen LogP contribution is 2.54. The second-order valence-electron chi connectivity index (χ2n) is 8.59. The molecule has 0 spiro atoms. The normalized spacial score (nSPS) is 16.7. The van der Waals surface area contributed by atoms with Crippen molar-refractivity contribution in [3.8, 4) is 0 Å². The van der Waals surface area contributed by atoms with Gasteiger partial charge in [-0.2, -0.15) is 39.5 Å². The van der Waals surface area contributed by atoms with E-state index in [1.165, 1.54) is 0 Å². The molecule has 0 fully saturated rings. The lowest BCUT2D eigenvalue weighted by atomic mass is 9.78. The van der Waals surface area contributed by atoms with Gasteiger partial charge in [0.1, 0.15) is 0 Å². The molecule has 158 valence electrons. The minimum Gasteiger partial charge on any atom is -0.377 e. The van der Waals surface area contributed by atoms with Crippen LogP contribution in [-0.4, -0.2) is 36.7 Å². The number of rotatable bonds is 7. The molecule has 0 bridgehead atoms. The summed E-state index contributed by atoms with van der Waals surface area (Å²) >= 11 is 0. The summed E-state index contributed by atoms with van der Waals surface area (Å²) in [7, 11) is 0. The first kappa shape index (κ1) is 25.3. The van der Waals surface area contributed by atoms with E-state index in [0.717, 1.165) is 0 Å². The average molecular weight is 404 g/mol. The van der Waals surface area contributed by atoms with Crippen LogP contribution >= 0.6 is 0 Å². The van der Waals surface area contributed by atoms with Crippen LogP contribution in [0.3, 0.4) is 0 Å². The van der Waals surface area contributed by atoms with Crippen LogP contribution < -0.4 is 0 Å². The van der Waals surface area contributed by atoms with Crippen molar-refractivity contribution in [1.29, 1.82) is 0 Å². The maximum atomic E-state index is 13.5. The summed E-state index contributed by atoms with van der Waals surface area (Å²) < 4.78 is 120. The quantitative estimate of drug-likeness (QED) is 0.429. The van der Waals surface area contributed by atoms with Crippen LogP contribution in [0, 0.1) is 10.8 Å². The van der Waals surface area contributed by atoms with Gasteiger partial charge in [0.05, 0.1) is 12.7 Å². The van der Waals surface area contributed by atoms with Gasteiger partial charge in [-0.25, -0.2) is 0 Å². The summed E-state index contributed by atoms with van der Waals surface area (Å²) in [5.74, 6) is -19.1. The Kier molecular flexibility index (Phi) is 7.20. The third kappa shape index (κ3) is 5.92. The van der Waals surface area contributed by atoms with Gasteiger partial charge in [0, 0.05) is 6.42 Å². The largest absolute Gasteiger partial charge is 0.460 e. The van der Waals surface area contributed by atoms with Crippen LogP contribution in [0.25, 0.3) is 0 Å². The topological polar surface area (TPSA) is 9.23 Å². The van der Waals surface area contributed by atoms with Crippen molar-refractivity contribution < 1.29 is 44.3 Å². The summed E-state index contributed by atoms with van der Waals surface area (Å²) in [5, 5.41) is 0. The molecule has 0 saturated carbocycles. The fraction of sp³-hybridized carbons (Fsp3) is 1.00. The summed E-state index contributed by atoms with van der Waals surface area (Å²) in [6.45, 7) is 9.48. The lowest BCUT2D eigenvalue weighted by molar-refractivity contribution is -0.397. The standard InChI is InChI=1S/C16H25F9O/c1-11(2,3)9-10(12(4,5)6)26-8-7-13(17,18)14(19,20)15(21,22)16(23,24)25/h10H,7-9H2,1-6H3. The first-order valence-corrected chi connectivity index (χ1v) is 7.88. The zero-order chi connectivity index (χ0) is 21.4. The lowest BCUT2D eigenvalue weighted by Crippen LogP contribution is -2.61. The Morgan fingerprint density at radius 1 is 0.692 bits per heavy atom. The van der Waals surface area contributed by atoms with E-state index in [0.29, 0.717) is 6.42 Å². The molecular formula is C16H25F9O. The second-order valence-corrected chi connectivity index (χ2v) is 8.59. The van der Waals surface area contributed by atoms with E-state index in [1.54, 1.807) is 20.8 Å². The van der Waals surface area contributed by atoms with Gasteiger partial charge in [-0.05, 0) is 17.3 Å². The van der Waals surface area contributed by atoms with E-state index >= 15 is 0 Å². The Hall–Kier alpha value is -0.670. The molecule has 0 saturated heterocycles. The molecule has 0 radical (unpaired) electrons. The Labute approximate surface area is 147 Å².